The molecule has 0 saturated carbocycles. The molecule has 25 heavy (non-hydrogen) atoms. The van der Waals surface area contributed by atoms with Crippen molar-refractivity contribution < 1.29 is 4.79 Å². The first-order valence-corrected chi connectivity index (χ1v) is 9.33. The van der Waals surface area contributed by atoms with Gasteiger partial charge in [0, 0.05) is 23.5 Å². The van der Waals surface area contributed by atoms with Crippen LogP contribution in [0.25, 0.3) is 0 Å². The highest BCUT2D eigenvalue weighted by Gasteiger charge is 2.28. The van der Waals surface area contributed by atoms with Gasteiger partial charge in [-0.1, -0.05) is 60.1 Å². The molecule has 1 amide bonds. The minimum Gasteiger partial charge on any atom is -0.352 e. The summed E-state index contributed by atoms with van der Waals surface area (Å²) in [6.07, 6.45) is 1.80. The summed E-state index contributed by atoms with van der Waals surface area (Å²) in [5.41, 5.74) is 2.30. The maximum absolute atomic E-state index is 12.4. The number of hydrogen-bond donors (Lipinski definition) is 1. The van der Waals surface area contributed by atoms with Crippen LogP contribution in [-0.2, 0) is 11.3 Å². The zero-order valence-electron chi connectivity index (χ0n) is 14.6. The summed E-state index contributed by atoms with van der Waals surface area (Å²) in [6, 6.07) is 18.4. The van der Waals surface area contributed by atoms with Gasteiger partial charge in [-0.25, -0.2) is 0 Å². The van der Waals surface area contributed by atoms with E-state index >= 15 is 0 Å². The molecule has 1 aliphatic rings. The summed E-state index contributed by atoms with van der Waals surface area (Å²) in [5.74, 6) is 0.285. The smallest absolute Gasteiger partial charge is 0.223 e. The molecule has 132 valence electrons. The summed E-state index contributed by atoms with van der Waals surface area (Å²) in [6.45, 7) is 4.65. The lowest BCUT2D eigenvalue weighted by Gasteiger charge is -2.36. The highest BCUT2D eigenvalue weighted by atomic mass is 35.5. The minimum absolute atomic E-state index is 0.110. The zero-order valence-corrected chi connectivity index (χ0v) is 15.4. The van der Waals surface area contributed by atoms with Gasteiger partial charge in [0.05, 0.1) is 0 Å². The number of likely N-dealkylation sites (tertiary alicyclic amines) is 1. The molecule has 0 spiro atoms. The number of rotatable bonds is 5. The largest absolute Gasteiger partial charge is 0.352 e. The van der Waals surface area contributed by atoms with E-state index in [2.05, 4.69) is 23.2 Å². The molecular weight excluding hydrogens is 332 g/mol. The third-order valence-electron chi connectivity index (χ3n) is 5.11. The van der Waals surface area contributed by atoms with Gasteiger partial charge in [-0.15, -0.1) is 0 Å². The highest BCUT2D eigenvalue weighted by Crippen LogP contribution is 2.30. The maximum atomic E-state index is 12.4. The van der Waals surface area contributed by atoms with Crippen molar-refractivity contribution in [2.45, 2.75) is 32.4 Å². The first-order chi connectivity index (χ1) is 12.1. The van der Waals surface area contributed by atoms with Crippen LogP contribution >= 0.6 is 11.6 Å². The Kier molecular flexibility index (Phi) is 6.11. The normalized spacial score (nSPS) is 17.2. The number of carbonyl (C=O) groups is 1. The molecule has 0 aromatic heterocycles. The Balaban J connectivity index is 1.50. The fourth-order valence-electron chi connectivity index (χ4n) is 3.49. The Morgan fingerprint density at radius 1 is 1.12 bits per heavy atom. The van der Waals surface area contributed by atoms with Crippen molar-refractivity contribution in [3.05, 3.63) is 70.7 Å². The molecule has 2 aromatic rings. The van der Waals surface area contributed by atoms with E-state index in [-0.39, 0.29) is 17.9 Å². The van der Waals surface area contributed by atoms with Crippen molar-refractivity contribution in [2.24, 2.45) is 5.92 Å². The molecule has 1 N–H and O–H groups in total. The fraction of sp³-hybridized carbons (Fsp3) is 0.381. The molecule has 1 aliphatic heterocycles. The van der Waals surface area contributed by atoms with Crippen LogP contribution in [0.1, 0.15) is 36.9 Å². The van der Waals surface area contributed by atoms with Gasteiger partial charge in [0.1, 0.15) is 0 Å². The van der Waals surface area contributed by atoms with Gasteiger partial charge < -0.3 is 5.32 Å². The van der Waals surface area contributed by atoms with Crippen molar-refractivity contribution in [2.75, 3.05) is 13.1 Å². The third kappa shape index (κ3) is 4.62. The lowest BCUT2D eigenvalue weighted by Crippen LogP contribution is -2.41. The Morgan fingerprint density at radius 3 is 2.44 bits per heavy atom. The second kappa shape index (κ2) is 8.50. The first kappa shape index (κ1) is 18.0. The van der Waals surface area contributed by atoms with E-state index in [1.54, 1.807) is 0 Å². The number of amides is 1. The van der Waals surface area contributed by atoms with Crippen LogP contribution in [0.2, 0.25) is 5.02 Å². The van der Waals surface area contributed by atoms with Crippen LogP contribution in [0.5, 0.6) is 0 Å². The van der Waals surface area contributed by atoms with E-state index in [1.165, 1.54) is 0 Å². The van der Waals surface area contributed by atoms with Crippen LogP contribution in [-0.4, -0.2) is 23.9 Å². The standard InChI is InChI=1S/C21H25ClN2O/c1-16(19-9-5-6-10-20(19)22)24-13-11-18(12-14-24)21(25)23-15-17-7-3-2-4-8-17/h2-10,16,18H,11-15H2,1H3,(H,23,25). The number of hydrogen-bond acceptors (Lipinski definition) is 2. The summed E-state index contributed by atoms with van der Waals surface area (Å²) < 4.78 is 0. The Bertz CT molecular complexity index is 696. The molecule has 1 atom stereocenters. The molecule has 1 unspecified atom stereocenters. The monoisotopic (exact) mass is 356 g/mol. The van der Waals surface area contributed by atoms with E-state index < -0.39 is 0 Å². The number of nitrogens with one attached hydrogen (secondary N) is 1. The number of carbonyl (C=O) groups excluding carboxylic acids is 1. The highest BCUT2D eigenvalue weighted by molar-refractivity contribution is 6.31. The average Bonchev–Trinajstić information content (AvgIpc) is 2.67. The topological polar surface area (TPSA) is 32.3 Å². The molecule has 4 heteroatoms. The van der Waals surface area contributed by atoms with Gasteiger partial charge in [-0.2, -0.15) is 0 Å². The third-order valence-corrected chi connectivity index (χ3v) is 5.46. The average molecular weight is 357 g/mol. The van der Waals surface area contributed by atoms with Crippen molar-refractivity contribution in [3.8, 4) is 0 Å². The first-order valence-electron chi connectivity index (χ1n) is 8.95. The van der Waals surface area contributed by atoms with Crippen LogP contribution < -0.4 is 5.32 Å². The van der Waals surface area contributed by atoms with Crippen molar-refractivity contribution >= 4 is 17.5 Å². The molecule has 0 aliphatic carbocycles. The van der Waals surface area contributed by atoms with Crippen molar-refractivity contribution in [1.82, 2.24) is 10.2 Å². The number of piperidine rings is 1. The lowest BCUT2D eigenvalue weighted by molar-refractivity contribution is -0.126. The molecule has 2 aromatic carbocycles. The molecular formula is C21H25ClN2O. The number of benzene rings is 2. The number of halogens is 1. The van der Waals surface area contributed by atoms with Gasteiger partial charge in [0.2, 0.25) is 5.91 Å². The van der Waals surface area contributed by atoms with Gasteiger partial charge in [0.25, 0.3) is 0 Å². The SMILES string of the molecule is CC(c1ccccc1Cl)N1CCC(C(=O)NCc2ccccc2)CC1. The molecule has 3 nitrogen and oxygen atoms in total. The predicted molar refractivity (Wildman–Crippen MR) is 102 cm³/mol. The molecule has 1 heterocycles. The van der Waals surface area contributed by atoms with E-state index in [0.29, 0.717) is 6.54 Å². The maximum Gasteiger partial charge on any atom is 0.223 e. The summed E-state index contributed by atoms with van der Waals surface area (Å²) in [5, 5.41) is 3.89. The van der Waals surface area contributed by atoms with E-state index in [1.807, 2.05) is 48.5 Å². The van der Waals surface area contributed by atoms with Gasteiger partial charge in [-0.3, -0.25) is 9.69 Å². The Labute approximate surface area is 155 Å². The quantitative estimate of drug-likeness (QED) is 0.859. The van der Waals surface area contributed by atoms with Crippen LogP contribution in [0.15, 0.2) is 54.6 Å². The summed E-state index contributed by atoms with van der Waals surface area (Å²) in [7, 11) is 0. The van der Waals surface area contributed by atoms with Crippen LogP contribution in [0.4, 0.5) is 0 Å². The van der Waals surface area contributed by atoms with Crippen LogP contribution in [0, 0.1) is 5.92 Å². The minimum atomic E-state index is 0.110. The van der Waals surface area contributed by atoms with Gasteiger partial charge in [-0.05, 0) is 50.0 Å². The fourth-order valence-corrected chi connectivity index (χ4v) is 3.78. The van der Waals surface area contributed by atoms with Crippen molar-refractivity contribution in [3.63, 3.8) is 0 Å². The Hall–Kier alpha value is -1.84. The molecule has 0 radical (unpaired) electrons. The number of nitrogens with zero attached hydrogens (tertiary/aromatic N) is 1. The summed E-state index contributed by atoms with van der Waals surface area (Å²) in [4.78, 5) is 14.8. The molecule has 0 bridgehead atoms. The van der Waals surface area contributed by atoms with E-state index in [4.69, 9.17) is 11.6 Å². The second-order valence-electron chi connectivity index (χ2n) is 6.71. The molecule has 3 rings (SSSR count). The molecule has 1 saturated heterocycles. The van der Waals surface area contributed by atoms with E-state index in [0.717, 1.165) is 42.1 Å². The molecule has 1 fully saturated rings. The summed E-state index contributed by atoms with van der Waals surface area (Å²) >= 11 is 6.33. The Morgan fingerprint density at radius 2 is 1.76 bits per heavy atom. The van der Waals surface area contributed by atoms with Crippen LogP contribution in [0.3, 0.4) is 0 Å². The zero-order chi connectivity index (χ0) is 17.6. The van der Waals surface area contributed by atoms with Gasteiger partial charge in [0.15, 0.2) is 0 Å². The van der Waals surface area contributed by atoms with E-state index in [9.17, 15) is 4.79 Å². The second-order valence-corrected chi connectivity index (χ2v) is 7.12. The lowest BCUT2D eigenvalue weighted by atomic mass is 9.93. The van der Waals surface area contributed by atoms with Crippen molar-refractivity contribution in [1.29, 1.82) is 0 Å². The van der Waals surface area contributed by atoms with Gasteiger partial charge >= 0.3 is 0 Å². The predicted octanol–water partition coefficient (Wildman–Crippen LogP) is 4.43.